The normalized spacial score (nSPS) is 15.5. The highest BCUT2D eigenvalue weighted by molar-refractivity contribution is 7.92. The first-order valence-electron chi connectivity index (χ1n) is 10.6. The molecule has 1 amide bonds. The van der Waals surface area contributed by atoms with Gasteiger partial charge in [0.1, 0.15) is 17.5 Å². The van der Waals surface area contributed by atoms with Gasteiger partial charge in [-0.2, -0.15) is 0 Å². The van der Waals surface area contributed by atoms with Gasteiger partial charge in [0, 0.05) is 11.8 Å². The van der Waals surface area contributed by atoms with E-state index in [2.05, 4.69) is 10.1 Å². The highest BCUT2D eigenvalue weighted by atomic mass is 32.2. The molecule has 1 heterocycles. The average Bonchev–Trinajstić information content (AvgIpc) is 2.77. The molecule has 190 valence electrons. The van der Waals surface area contributed by atoms with Gasteiger partial charge in [-0.1, -0.05) is 0 Å². The summed E-state index contributed by atoms with van der Waals surface area (Å²) in [6, 6.07) is 7.55. The molecule has 35 heavy (non-hydrogen) atoms. The van der Waals surface area contributed by atoms with Gasteiger partial charge in [0.15, 0.2) is 11.6 Å². The summed E-state index contributed by atoms with van der Waals surface area (Å²) >= 11 is 0. The first-order chi connectivity index (χ1) is 16.3. The van der Waals surface area contributed by atoms with Crippen molar-refractivity contribution in [2.24, 2.45) is 0 Å². The topological polar surface area (TPSA) is 120 Å². The molecule has 1 aliphatic heterocycles. The first-order valence-corrected chi connectivity index (χ1v) is 12.0. The molecule has 1 aliphatic rings. The number of rotatable bonds is 6. The number of benzene rings is 2. The maximum absolute atomic E-state index is 13.9. The van der Waals surface area contributed by atoms with Crippen molar-refractivity contribution in [1.82, 2.24) is 0 Å². The summed E-state index contributed by atoms with van der Waals surface area (Å²) < 4.78 is 62.9. The Morgan fingerprint density at radius 2 is 1.89 bits per heavy atom. The molecule has 3 rings (SSSR count). The van der Waals surface area contributed by atoms with E-state index < -0.39 is 39.6 Å². The summed E-state index contributed by atoms with van der Waals surface area (Å²) in [5.41, 5.74) is -0.368. The van der Waals surface area contributed by atoms with Crippen LogP contribution in [0.4, 0.5) is 20.6 Å². The lowest BCUT2D eigenvalue weighted by molar-refractivity contribution is -0.142. The van der Waals surface area contributed by atoms with E-state index in [1.54, 1.807) is 20.8 Å². The van der Waals surface area contributed by atoms with Gasteiger partial charge in [-0.3, -0.25) is 14.4 Å². The molecule has 1 unspecified atom stereocenters. The molecule has 0 fully saturated rings. The number of halogens is 1. The van der Waals surface area contributed by atoms with Crippen molar-refractivity contribution in [3.63, 3.8) is 0 Å². The molecule has 1 atom stereocenters. The molecule has 0 aliphatic carbocycles. The van der Waals surface area contributed by atoms with Crippen molar-refractivity contribution in [3.8, 4) is 11.5 Å². The van der Waals surface area contributed by atoms with Crippen molar-refractivity contribution < 1.29 is 41.3 Å². The van der Waals surface area contributed by atoms with E-state index in [1.807, 2.05) is 0 Å². The zero-order valence-corrected chi connectivity index (χ0v) is 20.8. The van der Waals surface area contributed by atoms with Gasteiger partial charge in [-0.25, -0.2) is 17.6 Å². The van der Waals surface area contributed by atoms with E-state index in [4.69, 9.17) is 14.2 Å². The number of methoxy groups -OCH3 is 2. The lowest BCUT2D eigenvalue weighted by Crippen LogP contribution is -2.44. The van der Waals surface area contributed by atoms with Crippen LogP contribution in [0.15, 0.2) is 41.3 Å². The highest BCUT2D eigenvalue weighted by Crippen LogP contribution is 2.40. The van der Waals surface area contributed by atoms with Gasteiger partial charge in [0.05, 0.1) is 37.8 Å². The second-order valence-electron chi connectivity index (χ2n) is 8.66. The van der Waals surface area contributed by atoms with Crippen LogP contribution in [0.3, 0.4) is 0 Å². The van der Waals surface area contributed by atoms with E-state index >= 15 is 0 Å². The van der Waals surface area contributed by atoms with Crippen molar-refractivity contribution in [2.75, 3.05) is 30.4 Å². The van der Waals surface area contributed by atoms with E-state index in [0.29, 0.717) is 0 Å². The van der Waals surface area contributed by atoms with Gasteiger partial charge >= 0.3 is 12.1 Å². The highest BCUT2D eigenvalue weighted by Gasteiger charge is 2.36. The van der Waals surface area contributed by atoms with Gasteiger partial charge in [0.2, 0.25) is 0 Å². The third-order valence-corrected chi connectivity index (χ3v) is 6.64. The monoisotopic (exact) mass is 510 g/mol. The predicted octanol–water partition coefficient (Wildman–Crippen LogP) is 3.70. The molecule has 0 saturated heterocycles. The maximum Gasteiger partial charge on any atom is 0.412 e. The maximum atomic E-state index is 13.9. The molecule has 2 aromatic rings. The molecule has 10 nitrogen and oxygen atoms in total. The van der Waals surface area contributed by atoms with E-state index in [1.165, 1.54) is 32.4 Å². The first kappa shape index (κ1) is 26.1. The molecule has 2 aromatic carbocycles. The summed E-state index contributed by atoms with van der Waals surface area (Å²) in [4.78, 5) is 23.8. The number of esters is 1. The van der Waals surface area contributed by atoms with Crippen LogP contribution in [0.1, 0.15) is 27.2 Å². The second-order valence-corrected chi connectivity index (χ2v) is 10.5. The Hall–Kier alpha value is -3.54. The van der Waals surface area contributed by atoms with Crippen molar-refractivity contribution >= 4 is 33.5 Å². The summed E-state index contributed by atoms with van der Waals surface area (Å²) in [5, 5.41) is 2.56. The van der Waals surface area contributed by atoms with Crippen LogP contribution >= 0.6 is 0 Å². The van der Waals surface area contributed by atoms with Crippen molar-refractivity contribution in [1.29, 1.82) is 0 Å². The number of nitrogens with one attached hydrogen (secondary N) is 1. The molecular formula is C23H27FN2O8S. The molecule has 0 saturated carbocycles. The number of hydrogen-bond acceptors (Lipinski definition) is 8. The Bertz CT molecular complexity index is 1230. The van der Waals surface area contributed by atoms with Gasteiger partial charge in [-0.05, 0) is 51.1 Å². The third-order valence-electron chi connectivity index (χ3n) is 4.87. The summed E-state index contributed by atoms with van der Waals surface area (Å²) in [6.45, 7) is 4.89. The minimum atomic E-state index is -4.26. The van der Waals surface area contributed by atoms with Gasteiger partial charge in [0.25, 0.3) is 10.0 Å². The van der Waals surface area contributed by atoms with Crippen LogP contribution < -0.4 is 19.1 Å². The van der Waals surface area contributed by atoms with E-state index in [0.717, 1.165) is 22.5 Å². The largest absolute Gasteiger partial charge is 0.494 e. The number of amides is 1. The van der Waals surface area contributed by atoms with E-state index in [-0.39, 0.29) is 40.7 Å². The predicted molar refractivity (Wildman–Crippen MR) is 125 cm³/mol. The summed E-state index contributed by atoms with van der Waals surface area (Å²) in [6.07, 6.45) is -1.78. The van der Waals surface area contributed by atoms with E-state index in [9.17, 15) is 22.4 Å². The standard InChI is InChI=1S/C23H27FN2O8S/c1-23(2,3)34-22(28)25-14-6-9-19-18(10-14)26(13-15(33-19)11-21(27)32-5)35(29,30)16-7-8-17(24)20(12-16)31-4/h6-10,12,15H,11,13H2,1-5H3,(H,25,28). The Morgan fingerprint density at radius 1 is 1.17 bits per heavy atom. The fourth-order valence-electron chi connectivity index (χ4n) is 3.34. The number of carbonyl (C=O) groups is 2. The quantitative estimate of drug-likeness (QED) is 0.584. The number of sulfonamides is 1. The smallest absolute Gasteiger partial charge is 0.412 e. The number of nitrogens with zero attached hydrogens (tertiary/aromatic N) is 1. The minimum absolute atomic E-state index is 0.114. The fraction of sp³-hybridized carbons (Fsp3) is 0.391. The minimum Gasteiger partial charge on any atom is -0.494 e. The fourth-order valence-corrected chi connectivity index (χ4v) is 4.86. The molecule has 0 spiro atoms. The Kier molecular flexibility index (Phi) is 7.44. The average molecular weight is 511 g/mol. The van der Waals surface area contributed by atoms with Crippen LogP contribution in [0.2, 0.25) is 0 Å². The van der Waals surface area contributed by atoms with Crippen LogP contribution in [-0.2, 0) is 24.3 Å². The molecule has 1 N–H and O–H groups in total. The van der Waals surface area contributed by atoms with Crippen LogP contribution in [0.25, 0.3) is 0 Å². The number of anilines is 2. The molecule has 0 aromatic heterocycles. The number of ether oxygens (including phenoxy) is 4. The summed E-state index contributed by atoms with van der Waals surface area (Å²) in [5.74, 6) is -1.38. The zero-order valence-electron chi connectivity index (χ0n) is 20.0. The van der Waals surface area contributed by atoms with Crippen LogP contribution in [-0.4, -0.2) is 52.9 Å². The molecule has 0 radical (unpaired) electrons. The van der Waals surface area contributed by atoms with Crippen LogP contribution in [0.5, 0.6) is 11.5 Å². The third kappa shape index (κ3) is 6.13. The Balaban J connectivity index is 2.03. The lowest BCUT2D eigenvalue weighted by atomic mass is 10.1. The van der Waals surface area contributed by atoms with Gasteiger partial charge < -0.3 is 18.9 Å². The molecule has 12 heteroatoms. The molecular weight excluding hydrogens is 483 g/mol. The second kappa shape index (κ2) is 9.98. The molecule has 0 bridgehead atoms. The lowest BCUT2D eigenvalue weighted by Gasteiger charge is -2.35. The van der Waals surface area contributed by atoms with Crippen molar-refractivity contribution in [3.05, 3.63) is 42.2 Å². The SMILES string of the molecule is COC(=O)CC1CN(S(=O)(=O)c2ccc(F)c(OC)c2)c2cc(NC(=O)OC(C)(C)C)ccc2O1. The Labute approximate surface area is 203 Å². The summed E-state index contributed by atoms with van der Waals surface area (Å²) in [7, 11) is -1.83. The van der Waals surface area contributed by atoms with Crippen molar-refractivity contribution in [2.45, 2.75) is 43.8 Å². The number of carbonyl (C=O) groups excluding carboxylic acids is 2. The Morgan fingerprint density at radius 3 is 2.51 bits per heavy atom. The number of fused-ring (bicyclic) bond motifs is 1. The number of hydrogen-bond donors (Lipinski definition) is 1. The zero-order chi connectivity index (χ0) is 26.0. The van der Waals surface area contributed by atoms with Gasteiger partial charge in [-0.15, -0.1) is 0 Å². The van der Waals surface area contributed by atoms with Crippen LogP contribution in [0, 0.1) is 5.82 Å².